The van der Waals surface area contributed by atoms with E-state index in [-0.39, 0.29) is 12.5 Å². The zero-order valence-corrected chi connectivity index (χ0v) is 13.4. The van der Waals surface area contributed by atoms with Crippen molar-refractivity contribution in [2.45, 2.75) is 0 Å². The zero-order chi connectivity index (χ0) is 16.2. The number of nitrogens with two attached hydrogens (primary N) is 1. The van der Waals surface area contributed by atoms with E-state index in [4.69, 9.17) is 22.2 Å². The standard InChI is InChI=1S/C15H13ClN4O2S/c16-10-3-1-2-4-12(10)22-8-14(21)18-9-5-6-11-13(7-9)23-15(19-11)20-17/h1-7H,8,17H2,(H,18,21)(H,19,20). The molecule has 0 bridgehead atoms. The summed E-state index contributed by atoms with van der Waals surface area (Å²) in [5.74, 6) is 5.54. The summed E-state index contributed by atoms with van der Waals surface area (Å²) in [7, 11) is 0. The maximum atomic E-state index is 12.0. The molecule has 118 valence electrons. The number of nitrogen functional groups attached to an aromatic ring is 1. The number of nitrogens with one attached hydrogen (secondary N) is 2. The number of hydrazine groups is 1. The van der Waals surface area contributed by atoms with Gasteiger partial charge in [0.15, 0.2) is 11.7 Å². The molecule has 0 saturated heterocycles. The van der Waals surface area contributed by atoms with E-state index in [1.54, 1.807) is 30.3 Å². The maximum Gasteiger partial charge on any atom is 0.262 e. The number of carbonyl (C=O) groups excluding carboxylic acids is 1. The maximum absolute atomic E-state index is 12.0. The summed E-state index contributed by atoms with van der Waals surface area (Å²) in [5.41, 5.74) is 3.99. The first-order valence-electron chi connectivity index (χ1n) is 6.70. The zero-order valence-electron chi connectivity index (χ0n) is 11.9. The predicted molar refractivity (Wildman–Crippen MR) is 93.0 cm³/mol. The van der Waals surface area contributed by atoms with E-state index < -0.39 is 0 Å². The number of rotatable bonds is 5. The van der Waals surface area contributed by atoms with Crippen LogP contribution in [0, 0.1) is 0 Å². The van der Waals surface area contributed by atoms with Crippen LogP contribution in [0.2, 0.25) is 5.02 Å². The fraction of sp³-hybridized carbons (Fsp3) is 0.0667. The molecule has 2 aromatic carbocycles. The van der Waals surface area contributed by atoms with E-state index >= 15 is 0 Å². The Morgan fingerprint density at radius 2 is 2.13 bits per heavy atom. The normalized spacial score (nSPS) is 10.5. The van der Waals surface area contributed by atoms with Gasteiger partial charge < -0.3 is 10.1 Å². The highest BCUT2D eigenvalue weighted by molar-refractivity contribution is 7.22. The van der Waals surface area contributed by atoms with Crippen molar-refractivity contribution in [3.63, 3.8) is 0 Å². The van der Waals surface area contributed by atoms with E-state index in [9.17, 15) is 4.79 Å². The van der Waals surface area contributed by atoms with Crippen LogP contribution in [0.1, 0.15) is 0 Å². The molecule has 1 amide bonds. The predicted octanol–water partition coefficient (Wildman–Crippen LogP) is 3.25. The first-order valence-corrected chi connectivity index (χ1v) is 7.89. The van der Waals surface area contributed by atoms with Crippen molar-refractivity contribution >= 4 is 49.9 Å². The Kier molecular flexibility index (Phi) is 4.61. The second kappa shape index (κ2) is 6.82. The lowest BCUT2D eigenvalue weighted by atomic mass is 10.3. The number of ether oxygens (including phenoxy) is 1. The molecule has 1 aromatic heterocycles. The molecule has 0 unspecified atom stereocenters. The molecule has 0 spiro atoms. The lowest BCUT2D eigenvalue weighted by molar-refractivity contribution is -0.118. The molecule has 3 rings (SSSR count). The summed E-state index contributed by atoms with van der Waals surface area (Å²) in [5, 5.41) is 3.85. The SMILES string of the molecule is NNc1nc2ccc(NC(=O)COc3ccccc3Cl)cc2s1. The van der Waals surface area contributed by atoms with Gasteiger partial charge in [0.25, 0.3) is 5.91 Å². The molecule has 0 aliphatic heterocycles. The van der Waals surface area contributed by atoms with E-state index in [1.165, 1.54) is 11.3 Å². The minimum absolute atomic E-state index is 0.125. The van der Waals surface area contributed by atoms with E-state index in [1.807, 2.05) is 12.1 Å². The molecule has 8 heteroatoms. The van der Waals surface area contributed by atoms with Crippen molar-refractivity contribution in [1.29, 1.82) is 0 Å². The third-order valence-corrected chi connectivity index (χ3v) is 4.25. The van der Waals surface area contributed by atoms with Crippen LogP contribution in [-0.4, -0.2) is 17.5 Å². The van der Waals surface area contributed by atoms with Gasteiger partial charge in [0.1, 0.15) is 5.75 Å². The smallest absolute Gasteiger partial charge is 0.262 e. The van der Waals surface area contributed by atoms with Crippen molar-refractivity contribution < 1.29 is 9.53 Å². The molecule has 0 radical (unpaired) electrons. The number of nitrogens with zero attached hydrogens (tertiary/aromatic N) is 1. The number of amides is 1. The number of carbonyl (C=O) groups is 1. The molecule has 23 heavy (non-hydrogen) atoms. The Labute approximate surface area is 141 Å². The monoisotopic (exact) mass is 348 g/mol. The fourth-order valence-corrected chi connectivity index (χ4v) is 2.97. The van der Waals surface area contributed by atoms with Crippen molar-refractivity contribution in [3.05, 3.63) is 47.5 Å². The first kappa shape index (κ1) is 15.5. The van der Waals surface area contributed by atoms with Gasteiger partial charge in [-0.2, -0.15) is 0 Å². The van der Waals surface area contributed by atoms with Crippen LogP contribution >= 0.6 is 22.9 Å². The van der Waals surface area contributed by atoms with Gasteiger partial charge in [-0.1, -0.05) is 35.1 Å². The lowest BCUT2D eigenvalue weighted by Gasteiger charge is -2.08. The van der Waals surface area contributed by atoms with Crippen molar-refractivity contribution in [2.75, 3.05) is 17.3 Å². The van der Waals surface area contributed by atoms with Gasteiger partial charge in [0.2, 0.25) is 0 Å². The molecule has 4 N–H and O–H groups in total. The molecule has 0 atom stereocenters. The summed E-state index contributed by atoms with van der Waals surface area (Å²) < 4.78 is 6.32. The Morgan fingerprint density at radius 3 is 2.91 bits per heavy atom. The van der Waals surface area contributed by atoms with Crippen LogP contribution in [0.3, 0.4) is 0 Å². The summed E-state index contributed by atoms with van der Waals surface area (Å²) in [6, 6.07) is 12.4. The number of fused-ring (bicyclic) bond motifs is 1. The van der Waals surface area contributed by atoms with Crippen LogP contribution in [0.4, 0.5) is 10.8 Å². The quantitative estimate of drug-likeness (QED) is 0.486. The second-order valence-corrected chi connectivity index (χ2v) is 6.05. The largest absolute Gasteiger partial charge is 0.482 e. The Balaban J connectivity index is 1.64. The lowest BCUT2D eigenvalue weighted by Crippen LogP contribution is -2.20. The molecule has 1 heterocycles. The highest BCUT2D eigenvalue weighted by atomic mass is 35.5. The number of hydrogen-bond acceptors (Lipinski definition) is 6. The van der Waals surface area contributed by atoms with Gasteiger partial charge in [-0.05, 0) is 30.3 Å². The van der Waals surface area contributed by atoms with Crippen molar-refractivity contribution in [1.82, 2.24) is 4.98 Å². The van der Waals surface area contributed by atoms with Gasteiger partial charge in [0.05, 0.1) is 15.2 Å². The molecular weight excluding hydrogens is 336 g/mol. The molecule has 0 aliphatic rings. The van der Waals surface area contributed by atoms with Crippen molar-refractivity contribution in [2.24, 2.45) is 5.84 Å². The van der Waals surface area contributed by atoms with Crippen LogP contribution < -0.4 is 21.3 Å². The van der Waals surface area contributed by atoms with Gasteiger partial charge in [-0.25, -0.2) is 10.8 Å². The number of anilines is 2. The fourth-order valence-electron chi connectivity index (χ4n) is 1.97. The van der Waals surface area contributed by atoms with E-state index in [0.717, 1.165) is 10.2 Å². The van der Waals surface area contributed by atoms with Crippen molar-refractivity contribution in [3.8, 4) is 5.75 Å². The molecule has 0 aliphatic carbocycles. The van der Waals surface area contributed by atoms with Gasteiger partial charge in [-0.3, -0.25) is 10.2 Å². The highest BCUT2D eigenvalue weighted by Crippen LogP contribution is 2.28. The average molecular weight is 349 g/mol. The summed E-state index contributed by atoms with van der Waals surface area (Å²) in [4.78, 5) is 16.2. The van der Waals surface area contributed by atoms with E-state index in [0.29, 0.717) is 21.6 Å². The summed E-state index contributed by atoms with van der Waals surface area (Å²) in [6.07, 6.45) is 0. The third kappa shape index (κ3) is 3.70. The molecule has 0 saturated carbocycles. The number of thiazole rings is 1. The topological polar surface area (TPSA) is 89.3 Å². The Morgan fingerprint density at radius 1 is 1.30 bits per heavy atom. The second-order valence-electron chi connectivity index (χ2n) is 4.61. The first-order chi connectivity index (χ1) is 11.2. The summed E-state index contributed by atoms with van der Waals surface area (Å²) >= 11 is 7.37. The van der Waals surface area contributed by atoms with Gasteiger partial charge in [-0.15, -0.1) is 0 Å². The molecule has 3 aromatic rings. The van der Waals surface area contributed by atoms with Gasteiger partial charge in [0, 0.05) is 5.69 Å². The van der Waals surface area contributed by atoms with Crippen LogP contribution in [0.5, 0.6) is 5.75 Å². The average Bonchev–Trinajstić information content (AvgIpc) is 2.96. The molecular formula is C15H13ClN4O2S. The highest BCUT2D eigenvalue weighted by Gasteiger charge is 2.08. The number of benzene rings is 2. The Bertz CT molecular complexity index is 852. The number of hydrogen-bond donors (Lipinski definition) is 3. The van der Waals surface area contributed by atoms with Crippen LogP contribution in [-0.2, 0) is 4.79 Å². The Hall–Kier alpha value is -2.35. The van der Waals surface area contributed by atoms with Crippen LogP contribution in [0.25, 0.3) is 10.2 Å². The summed E-state index contributed by atoms with van der Waals surface area (Å²) in [6.45, 7) is -0.125. The van der Waals surface area contributed by atoms with Crippen LogP contribution in [0.15, 0.2) is 42.5 Å². The van der Waals surface area contributed by atoms with Gasteiger partial charge >= 0.3 is 0 Å². The molecule has 0 fully saturated rings. The minimum Gasteiger partial charge on any atom is -0.482 e. The minimum atomic E-state index is -0.272. The van der Waals surface area contributed by atoms with E-state index in [2.05, 4.69) is 15.7 Å². The number of halogens is 1. The number of aromatic nitrogens is 1. The number of para-hydroxylation sites is 1. The third-order valence-electron chi connectivity index (χ3n) is 2.99. The molecule has 6 nitrogen and oxygen atoms in total.